The molecule has 6 nitrogen and oxygen atoms in total. The monoisotopic (exact) mass is 369 g/mol. The number of methoxy groups -OCH3 is 1. The van der Waals surface area contributed by atoms with Crippen molar-refractivity contribution >= 4 is 22.8 Å². The lowest BCUT2D eigenvalue weighted by molar-refractivity contribution is -0.154. The number of piperidine rings is 1. The second-order valence-corrected chi connectivity index (χ2v) is 7.71. The van der Waals surface area contributed by atoms with Gasteiger partial charge in [-0.3, -0.25) is 9.69 Å². The van der Waals surface area contributed by atoms with Crippen molar-refractivity contribution in [3.63, 3.8) is 0 Å². The summed E-state index contributed by atoms with van der Waals surface area (Å²) in [4.78, 5) is 33.0. The van der Waals surface area contributed by atoms with Gasteiger partial charge in [0.15, 0.2) is 0 Å². The van der Waals surface area contributed by atoms with Gasteiger partial charge in [0.05, 0.1) is 20.2 Å². The van der Waals surface area contributed by atoms with Crippen LogP contribution in [0, 0.1) is 0 Å². The van der Waals surface area contributed by atoms with Gasteiger partial charge >= 0.3 is 5.97 Å². The largest absolute Gasteiger partial charge is 0.467 e. The van der Waals surface area contributed by atoms with Crippen LogP contribution in [0.5, 0.6) is 0 Å². The second-order valence-electron chi connectivity index (χ2n) is 7.71. The lowest BCUT2D eigenvalue weighted by Gasteiger charge is -2.38. The van der Waals surface area contributed by atoms with E-state index in [1.54, 1.807) is 4.90 Å². The van der Waals surface area contributed by atoms with Crippen LogP contribution in [0.15, 0.2) is 24.3 Å². The predicted octanol–water partition coefficient (Wildman–Crippen LogP) is 2.47. The van der Waals surface area contributed by atoms with E-state index in [0.717, 1.165) is 41.5 Å². The smallest absolute Gasteiger partial charge is 0.328 e. The van der Waals surface area contributed by atoms with Crippen LogP contribution in [0.3, 0.4) is 0 Å². The molecule has 2 aliphatic heterocycles. The number of H-pyrrole nitrogens is 1. The zero-order valence-electron chi connectivity index (χ0n) is 16.0. The summed E-state index contributed by atoms with van der Waals surface area (Å²) >= 11 is 0. The first-order valence-electron chi connectivity index (χ1n) is 9.78. The van der Waals surface area contributed by atoms with Crippen molar-refractivity contribution in [1.29, 1.82) is 0 Å². The third-order valence-corrected chi connectivity index (χ3v) is 6.08. The Balaban J connectivity index is 1.61. The van der Waals surface area contributed by atoms with Crippen LogP contribution in [0.2, 0.25) is 0 Å². The molecule has 0 unspecified atom stereocenters. The molecule has 2 aliphatic rings. The average Bonchev–Trinajstić information content (AvgIpc) is 3.05. The lowest BCUT2D eigenvalue weighted by atomic mass is 9.96. The van der Waals surface area contributed by atoms with Crippen molar-refractivity contribution in [2.45, 2.75) is 51.2 Å². The van der Waals surface area contributed by atoms with Crippen LogP contribution < -0.4 is 0 Å². The molecule has 27 heavy (non-hydrogen) atoms. The van der Waals surface area contributed by atoms with E-state index in [1.807, 2.05) is 18.2 Å². The number of rotatable bonds is 3. The molecule has 1 amide bonds. The van der Waals surface area contributed by atoms with Gasteiger partial charge in [-0.1, -0.05) is 24.6 Å². The van der Waals surface area contributed by atoms with Crippen LogP contribution in [-0.4, -0.2) is 58.9 Å². The van der Waals surface area contributed by atoms with Gasteiger partial charge in [-0.2, -0.15) is 0 Å². The standard InChI is InChI=1S/C21H27N3O3/c1-14-7-5-6-10-23(14)13-20(25)24-12-18-16(11-19(24)21(26)27-2)15-8-3-4-9-17(15)22-18/h3-4,8-9,14,19,22H,5-7,10-13H2,1-2H3/t14-,19+/m1/s1. The Labute approximate surface area is 159 Å². The maximum Gasteiger partial charge on any atom is 0.328 e. The number of aromatic nitrogens is 1. The van der Waals surface area contributed by atoms with Gasteiger partial charge in [0, 0.05) is 29.1 Å². The molecule has 6 heteroatoms. The van der Waals surface area contributed by atoms with Gasteiger partial charge in [0.2, 0.25) is 5.91 Å². The number of amides is 1. The third-order valence-electron chi connectivity index (χ3n) is 6.08. The van der Waals surface area contributed by atoms with E-state index in [-0.39, 0.29) is 11.9 Å². The Morgan fingerprint density at radius 1 is 1.26 bits per heavy atom. The minimum Gasteiger partial charge on any atom is -0.467 e. The number of fused-ring (bicyclic) bond motifs is 3. The number of hydrogen-bond acceptors (Lipinski definition) is 4. The first-order chi connectivity index (χ1) is 13.1. The SMILES string of the molecule is COC(=O)[C@@H]1Cc2c([nH]c3ccccc23)CN1C(=O)CN1CCCC[C@H]1C. The van der Waals surface area contributed by atoms with E-state index < -0.39 is 6.04 Å². The van der Waals surface area contributed by atoms with Crippen molar-refractivity contribution in [2.75, 3.05) is 20.2 Å². The van der Waals surface area contributed by atoms with Crippen molar-refractivity contribution in [1.82, 2.24) is 14.8 Å². The van der Waals surface area contributed by atoms with Gasteiger partial charge < -0.3 is 14.6 Å². The van der Waals surface area contributed by atoms with Crippen LogP contribution in [0.4, 0.5) is 0 Å². The summed E-state index contributed by atoms with van der Waals surface area (Å²) in [6.45, 7) is 3.91. The Morgan fingerprint density at radius 2 is 2.07 bits per heavy atom. The van der Waals surface area contributed by atoms with E-state index in [1.165, 1.54) is 13.5 Å². The number of ether oxygens (including phenoxy) is 1. The summed E-state index contributed by atoms with van der Waals surface area (Å²) in [6, 6.07) is 7.93. The number of nitrogens with one attached hydrogen (secondary N) is 1. The van der Waals surface area contributed by atoms with Crippen molar-refractivity contribution < 1.29 is 14.3 Å². The number of likely N-dealkylation sites (tertiary alicyclic amines) is 1. The quantitative estimate of drug-likeness (QED) is 0.844. The number of aromatic amines is 1. The van der Waals surface area contributed by atoms with Gasteiger partial charge in [-0.15, -0.1) is 0 Å². The zero-order chi connectivity index (χ0) is 19.0. The van der Waals surface area contributed by atoms with Gasteiger partial charge in [-0.25, -0.2) is 4.79 Å². The van der Waals surface area contributed by atoms with E-state index in [4.69, 9.17) is 4.74 Å². The molecule has 0 bridgehead atoms. The fraction of sp³-hybridized carbons (Fsp3) is 0.524. The van der Waals surface area contributed by atoms with Crippen LogP contribution >= 0.6 is 0 Å². The first kappa shape index (κ1) is 18.0. The topological polar surface area (TPSA) is 65.6 Å². The molecule has 144 valence electrons. The second kappa shape index (κ2) is 7.35. The van der Waals surface area contributed by atoms with E-state index in [2.05, 4.69) is 22.9 Å². The van der Waals surface area contributed by atoms with Crippen LogP contribution in [-0.2, 0) is 27.3 Å². The maximum absolute atomic E-state index is 13.1. The number of esters is 1. The van der Waals surface area contributed by atoms with Crippen molar-refractivity contribution in [2.24, 2.45) is 0 Å². The van der Waals surface area contributed by atoms with Crippen LogP contribution in [0.1, 0.15) is 37.4 Å². The number of carbonyl (C=O) groups excluding carboxylic acids is 2. The Kier molecular flexibility index (Phi) is 4.91. The summed E-state index contributed by atoms with van der Waals surface area (Å²) in [6.07, 6.45) is 3.97. The molecule has 3 heterocycles. The minimum atomic E-state index is -0.561. The van der Waals surface area contributed by atoms with E-state index >= 15 is 0 Å². The first-order valence-corrected chi connectivity index (χ1v) is 9.78. The molecule has 1 aromatic carbocycles. The fourth-order valence-electron chi connectivity index (χ4n) is 4.47. The molecule has 0 saturated carbocycles. The summed E-state index contributed by atoms with van der Waals surface area (Å²) in [7, 11) is 1.39. The highest BCUT2D eigenvalue weighted by Crippen LogP contribution is 2.31. The summed E-state index contributed by atoms with van der Waals surface area (Å²) < 4.78 is 5.03. The highest BCUT2D eigenvalue weighted by Gasteiger charge is 2.37. The molecular weight excluding hydrogens is 342 g/mol. The average molecular weight is 369 g/mol. The zero-order valence-corrected chi connectivity index (χ0v) is 16.0. The van der Waals surface area contributed by atoms with Gasteiger partial charge in [0.25, 0.3) is 0 Å². The highest BCUT2D eigenvalue weighted by atomic mass is 16.5. The number of benzene rings is 1. The van der Waals surface area contributed by atoms with Crippen molar-refractivity contribution in [3.8, 4) is 0 Å². The molecule has 1 aromatic heterocycles. The Morgan fingerprint density at radius 3 is 2.85 bits per heavy atom. The number of nitrogens with zero attached hydrogens (tertiary/aromatic N) is 2. The van der Waals surface area contributed by atoms with Crippen molar-refractivity contribution in [3.05, 3.63) is 35.5 Å². The molecule has 0 spiro atoms. The number of carbonyl (C=O) groups is 2. The normalized spacial score (nSPS) is 23.3. The van der Waals surface area contributed by atoms with E-state index in [9.17, 15) is 9.59 Å². The lowest BCUT2D eigenvalue weighted by Crippen LogP contribution is -2.53. The van der Waals surface area contributed by atoms with Crippen LogP contribution in [0.25, 0.3) is 10.9 Å². The minimum absolute atomic E-state index is 0.00320. The van der Waals surface area contributed by atoms with Gasteiger partial charge in [0.1, 0.15) is 6.04 Å². The number of hydrogen-bond donors (Lipinski definition) is 1. The summed E-state index contributed by atoms with van der Waals surface area (Å²) in [5, 5.41) is 1.12. The highest BCUT2D eigenvalue weighted by molar-refractivity contribution is 5.90. The van der Waals surface area contributed by atoms with E-state index in [0.29, 0.717) is 25.6 Å². The molecular formula is C21H27N3O3. The molecule has 0 radical (unpaired) electrons. The maximum atomic E-state index is 13.1. The summed E-state index contributed by atoms with van der Waals surface area (Å²) in [5.74, 6) is -0.338. The predicted molar refractivity (Wildman–Crippen MR) is 103 cm³/mol. The molecule has 4 rings (SSSR count). The molecule has 1 N–H and O–H groups in total. The van der Waals surface area contributed by atoms with Gasteiger partial charge in [-0.05, 0) is 37.9 Å². The number of para-hydroxylation sites is 1. The summed E-state index contributed by atoms with van der Waals surface area (Å²) in [5.41, 5.74) is 3.19. The third kappa shape index (κ3) is 3.34. The molecule has 2 aromatic rings. The molecule has 1 fully saturated rings. The Hall–Kier alpha value is -2.34. The molecule has 2 atom stereocenters. The molecule has 1 saturated heterocycles. The molecule has 0 aliphatic carbocycles. The Bertz CT molecular complexity index is 859. The fourth-order valence-corrected chi connectivity index (χ4v) is 4.47.